The maximum Gasteiger partial charge on any atom is 0.134 e. The van der Waals surface area contributed by atoms with Crippen molar-refractivity contribution in [3.63, 3.8) is 0 Å². The summed E-state index contributed by atoms with van der Waals surface area (Å²) in [6, 6.07) is 5.82. The Bertz CT molecular complexity index is 580. The minimum atomic E-state index is -0.965. The van der Waals surface area contributed by atoms with Gasteiger partial charge in [0.1, 0.15) is 17.5 Å². The fraction of sp³-hybridized carbons (Fsp3) is 0.200. The summed E-state index contributed by atoms with van der Waals surface area (Å²) < 4.78 is 40.4. The number of hydrogen-bond acceptors (Lipinski definition) is 1. The van der Waals surface area contributed by atoms with Gasteiger partial charge in [-0.1, -0.05) is 18.2 Å². The summed E-state index contributed by atoms with van der Waals surface area (Å²) in [6.45, 7) is 3.64. The monoisotopic (exact) mass is 265 g/mol. The van der Waals surface area contributed by atoms with Crippen LogP contribution in [-0.2, 0) is 0 Å². The van der Waals surface area contributed by atoms with Gasteiger partial charge in [0.15, 0.2) is 0 Å². The van der Waals surface area contributed by atoms with Crippen molar-refractivity contribution in [3.05, 3.63) is 70.0 Å². The summed E-state index contributed by atoms with van der Waals surface area (Å²) in [6.07, 6.45) is 0. The molecule has 100 valence electrons. The molecular formula is C15H14F3N. The van der Waals surface area contributed by atoms with Crippen molar-refractivity contribution in [2.45, 2.75) is 19.9 Å². The Hall–Kier alpha value is -1.81. The van der Waals surface area contributed by atoms with Crippen molar-refractivity contribution >= 4 is 0 Å². The van der Waals surface area contributed by atoms with Crippen molar-refractivity contribution in [1.82, 2.24) is 0 Å². The standard InChI is InChI=1S/C15H14F3N/c1-8-4-3-5-9(2)13(8)15(19)14-11(17)6-10(16)7-12(14)18/h3-7,15H,19H2,1-2H3. The van der Waals surface area contributed by atoms with Gasteiger partial charge < -0.3 is 5.73 Å². The van der Waals surface area contributed by atoms with Crippen molar-refractivity contribution in [1.29, 1.82) is 0 Å². The number of hydrogen-bond donors (Lipinski definition) is 1. The molecular weight excluding hydrogens is 251 g/mol. The van der Waals surface area contributed by atoms with E-state index in [0.29, 0.717) is 17.7 Å². The lowest BCUT2D eigenvalue weighted by molar-refractivity contribution is 0.514. The smallest absolute Gasteiger partial charge is 0.134 e. The van der Waals surface area contributed by atoms with E-state index in [9.17, 15) is 13.2 Å². The zero-order valence-corrected chi connectivity index (χ0v) is 10.7. The second-order valence-electron chi connectivity index (χ2n) is 4.57. The van der Waals surface area contributed by atoms with Gasteiger partial charge in [-0.15, -0.1) is 0 Å². The third-order valence-electron chi connectivity index (χ3n) is 3.21. The Morgan fingerprint density at radius 3 is 1.84 bits per heavy atom. The number of nitrogens with two attached hydrogens (primary N) is 1. The SMILES string of the molecule is Cc1cccc(C)c1C(N)c1c(F)cc(F)cc1F. The molecule has 0 aromatic heterocycles. The van der Waals surface area contributed by atoms with E-state index >= 15 is 0 Å². The van der Waals surface area contributed by atoms with Gasteiger partial charge in [-0.25, -0.2) is 13.2 Å². The van der Waals surface area contributed by atoms with E-state index in [2.05, 4.69) is 0 Å². The predicted molar refractivity (Wildman–Crippen MR) is 68.3 cm³/mol. The molecule has 0 bridgehead atoms. The molecule has 1 atom stereocenters. The van der Waals surface area contributed by atoms with Crippen LogP contribution in [0.4, 0.5) is 13.2 Å². The number of aryl methyl sites for hydroxylation is 2. The highest BCUT2D eigenvalue weighted by molar-refractivity contribution is 5.42. The third-order valence-corrected chi connectivity index (χ3v) is 3.21. The second kappa shape index (κ2) is 5.05. The van der Waals surface area contributed by atoms with Gasteiger partial charge in [-0.05, 0) is 30.5 Å². The van der Waals surface area contributed by atoms with Crippen LogP contribution in [0.3, 0.4) is 0 Å². The van der Waals surface area contributed by atoms with Crippen molar-refractivity contribution in [3.8, 4) is 0 Å². The lowest BCUT2D eigenvalue weighted by atomic mass is 9.91. The van der Waals surface area contributed by atoms with Crippen LogP contribution in [0.15, 0.2) is 30.3 Å². The van der Waals surface area contributed by atoms with Crippen LogP contribution in [-0.4, -0.2) is 0 Å². The highest BCUT2D eigenvalue weighted by Crippen LogP contribution is 2.29. The van der Waals surface area contributed by atoms with Gasteiger partial charge in [0.2, 0.25) is 0 Å². The van der Waals surface area contributed by atoms with Crippen LogP contribution in [0, 0.1) is 31.3 Å². The summed E-state index contributed by atoms with van der Waals surface area (Å²) in [5.74, 6) is -2.88. The van der Waals surface area contributed by atoms with Gasteiger partial charge in [-0.2, -0.15) is 0 Å². The molecule has 2 aromatic rings. The van der Waals surface area contributed by atoms with Crippen LogP contribution >= 0.6 is 0 Å². The first-order valence-electron chi connectivity index (χ1n) is 5.88. The van der Waals surface area contributed by atoms with Crippen LogP contribution < -0.4 is 5.73 Å². The molecule has 1 unspecified atom stereocenters. The normalized spacial score (nSPS) is 12.5. The van der Waals surface area contributed by atoms with E-state index in [-0.39, 0.29) is 5.56 Å². The Balaban J connectivity index is 2.60. The van der Waals surface area contributed by atoms with Crippen LogP contribution in [0.5, 0.6) is 0 Å². The first-order valence-corrected chi connectivity index (χ1v) is 5.88. The molecule has 0 aliphatic rings. The molecule has 0 spiro atoms. The molecule has 0 saturated heterocycles. The molecule has 2 N–H and O–H groups in total. The third kappa shape index (κ3) is 2.49. The largest absolute Gasteiger partial charge is 0.320 e. The summed E-state index contributed by atoms with van der Waals surface area (Å²) >= 11 is 0. The molecule has 19 heavy (non-hydrogen) atoms. The van der Waals surface area contributed by atoms with Crippen molar-refractivity contribution in [2.75, 3.05) is 0 Å². The molecule has 0 aliphatic carbocycles. The van der Waals surface area contributed by atoms with Crippen LogP contribution in [0.1, 0.15) is 28.3 Å². The Morgan fingerprint density at radius 2 is 1.37 bits per heavy atom. The maximum absolute atomic E-state index is 13.8. The molecule has 1 nitrogen and oxygen atoms in total. The highest BCUT2D eigenvalue weighted by Gasteiger charge is 2.22. The number of halogens is 3. The molecule has 2 rings (SSSR count). The second-order valence-corrected chi connectivity index (χ2v) is 4.57. The molecule has 0 fully saturated rings. The number of benzene rings is 2. The summed E-state index contributed by atoms with van der Waals surface area (Å²) in [5.41, 5.74) is 8.01. The minimum Gasteiger partial charge on any atom is -0.320 e. The van der Waals surface area contributed by atoms with E-state index < -0.39 is 23.5 Å². The van der Waals surface area contributed by atoms with E-state index in [1.807, 2.05) is 32.0 Å². The lowest BCUT2D eigenvalue weighted by Gasteiger charge is -2.19. The predicted octanol–water partition coefficient (Wildman–Crippen LogP) is 3.77. The van der Waals surface area contributed by atoms with Crippen molar-refractivity contribution < 1.29 is 13.2 Å². The molecule has 2 aromatic carbocycles. The molecule has 0 heterocycles. The topological polar surface area (TPSA) is 26.0 Å². The summed E-state index contributed by atoms with van der Waals surface area (Å²) in [7, 11) is 0. The van der Waals surface area contributed by atoms with Crippen LogP contribution in [0.25, 0.3) is 0 Å². The minimum absolute atomic E-state index is 0.307. The van der Waals surface area contributed by atoms with Gasteiger partial charge in [0.05, 0.1) is 6.04 Å². The van der Waals surface area contributed by atoms with Crippen molar-refractivity contribution in [2.24, 2.45) is 5.73 Å². The van der Waals surface area contributed by atoms with Gasteiger partial charge in [0, 0.05) is 17.7 Å². The molecule has 0 amide bonds. The number of rotatable bonds is 2. The van der Waals surface area contributed by atoms with Gasteiger partial charge in [-0.3, -0.25) is 0 Å². The first kappa shape index (κ1) is 13.6. The first-order chi connectivity index (χ1) is 8.91. The van der Waals surface area contributed by atoms with Gasteiger partial charge >= 0.3 is 0 Å². The molecule has 4 heteroatoms. The zero-order valence-electron chi connectivity index (χ0n) is 10.7. The van der Waals surface area contributed by atoms with Crippen LogP contribution in [0.2, 0.25) is 0 Å². The van der Waals surface area contributed by atoms with E-state index in [0.717, 1.165) is 11.1 Å². The average Bonchev–Trinajstić information content (AvgIpc) is 2.26. The Labute approximate surface area is 109 Å². The van der Waals surface area contributed by atoms with E-state index in [1.165, 1.54) is 0 Å². The van der Waals surface area contributed by atoms with E-state index in [4.69, 9.17) is 5.73 Å². The Kier molecular flexibility index (Phi) is 3.62. The summed E-state index contributed by atoms with van der Waals surface area (Å²) in [5, 5.41) is 0. The quantitative estimate of drug-likeness (QED) is 0.878. The fourth-order valence-corrected chi connectivity index (χ4v) is 2.31. The fourth-order valence-electron chi connectivity index (χ4n) is 2.31. The highest BCUT2D eigenvalue weighted by atomic mass is 19.1. The lowest BCUT2D eigenvalue weighted by Crippen LogP contribution is -2.18. The van der Waals surface area contributed by atoms with Gasteiger partial charge in [0.25, 0.3) is 0 Å². The Morgan fingerprint density at radius 1 is 0.895 bits per heavy atom. The average molecular weight is 265 g/mol. The maximum atomic E-state index is 13.8. The summed E-state index contributed by atoms with van der Waals surface area (Å²) in [4.78, 5) is 0. The molecule has 0 aliphatic heterocycles. The van der Waals surface area contributed by atoms with E-state index in [1.54, 1.807) is 0 Å². The zero-order chi connectivity index (χ0) is 14.2. The molecule has 0 saturated carbocycles. The molecule has 0 radical (unpaired) electrons.